The Hall–Kier alpha value is -3.30. The molecule has 36 heavy (non-hydrogen) atoms. The molecule has 2 N–H and O–H groups in total. The van der Waals surface area contributed by atoms with E-state index < -0.39 is 14.9 Å². The highest BCUT2D eigenvalue weighted by Gasteiger charge is 2.30. The summed E-state index contributed by atoms with van der Waals surface area (Å²) in [7, 11) is -1.37. The first-order chi connectivity index (χ1) is 17.2. The van der Waals surface area contributed by atoms with Crippen LogP contribution in [0.25, 0.3) is 11.3 Å². The van der Waals surface area contributed by atoms with Crippen molar-refractivity contribution < 1.29 is 33.0 Å². The maximum absolute atomic E-state index is 13.8. The van der Waals surface area contributed by atoms with Crippen LogP contribution in [0.4, 0.5) is 10.8 Å². The van der Waals surface area contributed by atoms with Gasteiger partial charge in [-0.15, -0.1) is 11.3 Å². The fourth-order valence-electron chi connectivity index (χ4n) is 3.35. The SMILES string of the molecule is COc1ccc(S(=O)(=O)N(CN(CCO)CCO)c2nc(-c3cccc([N+](=O)[O-])c3)cs2)cc1OC. The molecular weight excluding hydrogens is 512 g/mol. The standard InChI is InChI=1S/C22H26N4O8S2/c1-33-20-7-6-18(13-21(20)34-2)36(31,32)25(15-24(8-10-27)9-11-28)22-23-19(14-35-22)16-4-3-5-17(12-16)26(29)30/h3-7,12-14,27-28H,8-11,15H2,1-2H3. The highest BCUT2D eigenvalue weighted by Crippen LogP contribution is 2.35. The van der Waals surface area contributed by atoms with Gasteiger partial charge in [0.15, 0.2) is 11.5 Å². The molecule has 0 saturated heterocycles. The molecule has 0 amide bonds. The Balaban J connectivity index is 2.08. The number of sulfonamides is 1. The lowest BCUT2D eigenvalue weighted by atomic mass is 10.1. The normalized spacial score (nSPS) is 11.5. The van der Waals surface area contributed by atoms with Gasteiger partial charge in [0.2, 0.25) is 5.13 Å². The van der Waals surface area contributed by atoms with Crippen molar-refractivity contribution in [2.24, 2.45) is 0 Å². The van der Waals surface area contributed by atoms with Crippen molar-refractivity contribution >= 4 is 32.2 Å². The summed E-state index contributed by atoms with van der Waals surface area (Å²) < 4.78 is 39.1. The van der Waals surface area contributed by atoms with E-state index in [4.69, 9.17) is 9.47 Å². The van der Waals surface area contributed by atoms with Crippen LogP contribution in [0.2, 0.25) is 0 Å². The molecule has 0 aliphatic carbocycles. The molecule has 0 spiro atoms. The third-order valence-corrected chi connectivity index (χ3v) is 7.86. The minimum absolute atomic E-state index is 0.0832. The third-order valence-electron chi connectivity index (χ3n) is 5.16. The Morgan fingerprint density at radius 1 is 1.06 bits per heavy atom. The number of ether oxygens (including phenoxy) is 2. The van der Waals surface area contributed by atoms with Crippen LogP contribution in [-0.4, -0.2) is 80.6 Å². The second kappa shape index (κ2) is 12.1. The second-order valence-corrected chi connectivity index (χ2v) is 10.1. The number of non-ortho nitro benzene ring substituents is 1. The summed E-state index contributed by atoms with van der Waals surface area (Å²) in [5.41, 5.74) is 0.703. The Morgan fingerprint density at radius 3 is 2.36 bits per heavy atom. The first-order valence-electron chi connectivity index (χ1n) is 10.6. The van der Waals surface area contributed by atoms with Gasteiger partial charge < -0.3 is 19.7 Å². The summed E-state index contributed by atoms with van der Waals surface area (Å²) in [5, 5.41) is 31.7. The van der Waals surface area contributed by atoms with E-state index in [1.807, 2.05) is 0 Å². The number of nitro benzene ring substituents is 1. The van der Waals surface area contributed by atoms with Crippen molar-refractivity contribution in [3.8, 4) is 22.8 Å². The van der Waals surface area contributed by atoms with Gasteiger partial charge >= 0.3 is 0 Å². The Labute approximate surface area is 212 Å². The van der Waals surface area contributed by atoms with Crippen molar-refractivity contribution in [1.29, 1.82) is 0 Å². The summed E-state index contributed by atoms with van der Waals surface area (Å²) in [6.45, 7) is -0.481. The van der Waals surface area contributed by atoms with Crippen LogP contribution in [0.15, 0.2) is 52.7 Å². The molecule has 1 aromatic heterocycles. The maximum atomic E-state index is 13.8. The number of benzene rings is 2. The summed E-state index contributed by atoms with van der Waals surface area (Å²) >= 11 is 1.04. The highest BCUT2D eigenvalue weighted by atomic mass is 32.2. The van der Waals surface area contributed by atoms with Crippen LogP contribution >= 0.6 is 11.3 Å². The van der Waals surface area contributed by atoms with E-state index in [0.29, 0.717) is 17.0 Å². The first-order valence-corrected chi connectivity index (χ1v) is 13.0. The van der Waals surface area contributed by atoms with Gasteiger partial charge in [-0.05, 0) is 12.1 Å². The summed E-state index contributed by atoms with van der Waals surface area (Å²) in [6.07, 6.45) is 0. The predicted octanol–water partition coefficient (Wildman–Crippen LogP) is 2.17. The van der Waals surface area contributed by atoms with Gasteiger partial charge in [-0.25, -0.2) is 17.7 Å². The molecule has 0 atom stereocenters. The number of hydrogen-bond acceptors (Lipinski definition) is 11. The zero-order chi connectivity index (χ0) is 26.3. The Bertz CT molecular complexity index is 1290. The first kappa shape index (κ1) is 27.3. The van der Waals surface area contributed by atoms with Gasteiger partial charge in [0, 0.05) is 42.2 Å². The van der Waals surface area contributed by atoms with Crippen LogP contribution < -0.4 is 13.8 Å². The smallest absolute Gasteiger partial charge is 0.270 e. The molecule has 0 unspecified atom stereocenters. The van der Waals surface area contributed by atoms with Crippen LogP contribution in [-0.2, 0) is 10.0 Å². The van der Waals surface area contributed by atoms with E-state index in [0.717, 1.165) is 15.6 Å². The number of nitrogens with zero attached hydrogens (tertiary/aromatic N) is 4. The van der Waals surface area contributed by atoms with Gasteiger partial charge in [-0.1, -0.05) is 12.1 Å². The number of aliphatic hydroxyl groups is 2. The van der Waals surface area contributed by atoms with E-state index in [1.54, 1.807) is 16.3 Å². The van der Waals surface area contributed by atoms with Crippen LogP contribution in [0, 0.1) is 10.1 Å². The average Bonchev–Trinajstić information content (AvgIpc) is 3.36. The number of hydrogen-bond donors (Lipinski definition) is 2. The average molecular weight is 539 g/mol. The lowest BCUT2D eigenvalue weighted by Crippen LogP contribution is -2.43. The molecule has 0 bridgehead atoms. The molecule has 0 aliphatic rings. The Kier molecular flexibility index (Phi) is 9.17. The third kappa shape index (κ3) is 6.09. The molecule has 2 aromatic carbocycles. The molecule has 1 heterocycles. The molecule has 194 valence electrons. The summed E-state index contributed by atoms with van der Waals surface area (Å²) in [6, 6.07) is 10.1. The number of aliphatic hydroxyl groups excluding tert-OH is 2. The zero-order valence-electron chi connectivity index (χ0n) is 19.6. The molecule has 0 aliphatic heterocycles. The summed E-state index contributed by atoms with van der Waals surface area (Å²) in [5.74, 6) is 0.574. The minimum atomic E-state index is -4.20. The topological polar surface area (TPSA) is 156 Å². The van der Waals surface area contributed by atoms with Crippen molar-refractivity contribution in [3.63, 3.8) is 0 Å². The van der Waals surface area contributed by atoms with Crippen molar-refractivity contribution in [2.45, 2.75) is 4.90 Å². The van der Waals surface area contributed by atoms with Gasteiger partial charge in [0.1, 0.15) is 0 Å². The zero-order valence-corrected chi connectivity index (χ0v) is 21.2. The minimum Gasteiger partial charge on any atom is -0.493 e. The molecule has 0 saturated carbocycles. The number of aromatic nitrogens is 1. The predicted molar refractivity (Wildman–Crippen MR) is 134 cm³/mol. The van der Waals surface area contributed by atoms with Crippen LogP contribution in [0.5, 0.6) is 11.5 Å². The van der Waals surface area contributed by atoms with Gasteiger partial charge in [0.25, 0.3) is 15.7 Å². The number of nitro groups is 1. The van der Waals surface area contributed by atoms with Crippen LogP contribution in [0.3, 0.4) is 0 Å². The number of methoxy groups -OCH3 is 2. The number of anilines is 1. The molecule has 12 nitrogen and oxygen atoms in total. The Morgan fingerprint density at radius 2 is 1.75 bits per heavy atom. The van der Waals surface area contributed by atoms with E-state index >= 15 is 0 Å². The molecule has 3 aromatic rings. The molecule has 3 rings (SSSR count). The quantitative estimate of drug-likeness (QED) is 0.188. The molecule has 14 heteroatoms. The van der Waals surface area contributed by atoms with Crippen LogP contribution in [0.1, 0.15) is 0 Å². The van der Waals surface area contributed by atoms with E-state index in [2.05, 4.69) is 4.98 Å². The van der Waals surface area contributed by atoms with Gasteiger partial charge in [-0.2, -0.15) is 0 Å². The van der Waals surface area contributed by atoms with Crippen molar-refractivity contribution in [3.05, 3.63) is 58.0 Å². The fraction of sp³-hybridized carbons (Fsp3) is 0.318. The van der Waals surface area contributed by atoms with Gasteiger partial charge in [-0.3, -0.25) is 15.0 Å². The molecule has 0 radical (unpaired) electrons. The highest BCUT2D eigenvalue weighted by molar-refractivity contribution is 7.93. The number of thiazole rings is 1. The number of rotatable bonds is 13. The second-order valence-electron chi connectivity index (χ2n) is 7.40. The van der Waals surface area contributed by atoms with E-state index in [-0.39, 0.29) is 54.4 Å². The lowest BCUT2D eigenvalue weighted by Gasteiger charge is -2.29. The van der Waals surface area contributed by atoms with Crippen molar-refractivity contribution in [2.75, 3.05) is 51.5 Å². The monoisotopic (exact) mass is 538 g/mol. The van der Waals surface area contributed by atoms with E-state index in [1.165, 1.54) is 50.6 Å². The summed E-state index contributed by atoms with van der Waals surface area (Å²) in [4.78, 5) is 16.6. The molecular formula is C22H26N4O8S2. The maximum Gasteiger partial charge on any atom is 0.270 e. The fourth-order valence-corrected chi connectivity index (χ4v) is 5.82. The van der Waals surface area contributed by atoms with E-state index in [9.17, 15) is 28.7 Å². The van der Waals surface area contributed by atoms with Gasteiger partial charge in [0.05, 0.1) is 49.6 Å². The van der Waals surface area contributed by atoms with Crippen molar-refractivity contribution in [1.82, 2.24) is 9.88 Å². The lowest BCUT2D eigenvalue weighted by molar-refractivity contribution is -0.384. The largest absolute Gasteiger partial charge is 0.493 e. The molecule has 0 fully saturated rings.